The van der Waals surface area contributed by atoms with Crippen LogP contribution in [0.15, 0.2) is 45.3 Å². The Bertz CT molecular complexity index is 677. The molecule has 2 aromatic rings. The van der Waals surface area contributed by atoms with Crippen LogP contribution in [0.3, 0.4) is 0 Å². The van der Waals surface area contributed by atoms with E-state index in [4.69, 9.17) is 4.74 Å². The molecule has 0 heterocycles. The molecule has 0 atom stereocenters. The maximum absolute atomic E-state index is 13.2. The molecule has 2 aromatic carbocycles. The number of methoxy groups -OCH3 is 1. The lowest BCUT2D eigenvalue weighted by atomic mass is 10.2. The van der Waals surface area contributed by atoms with Gasteiger partial charge in [-0.2, -0.15) is 0 Å². The van der Waals surface area contributed by atoms with Crippen molar-refractivity contribution < 1.29 is 13.9 Å². The molecule has 0 fully saturated rings. The van der Waals surface area contributed by atoms with Crippen molar-refractivity contribution in [2.45, 2.75) is 6.54 Å². The van der Waals surface area contributed by atoms with Crippen LogP contribution in [0.1, 0.15) is 15.9 Å². The molecular formula is C15H12Br2FNO2. The summed E-state index contributed by atoms with van der Waals surface area (Å²) in [6, 6.07) is 9.40. The first-order valence-corrected chi connectivity index (χ1v) is 7.65. The van der Waals surface area contributed by atoms with E-state index in [1.807, 2.05) is 0 Å². The van der Waals surface area contributed by atoms with Crippen molar-refractivity contribution in [2.75, 3.05) is 7.11 Å². The minimum atomic E-state index is -0.338. The number of halogens is 3. The van der Waals surface area contributed by atoms with Crippen LogP contribution in [0, 0.1) is 5.82 Å². The van der Waals surface area contributed by atoms with Crippen molar-refractivity contribution in [3.63, 3.8) is 0 Å². The van der Waals surface area contributed by atoms with Crippen LogP contribution in [-0.4, -0.2) is 13.0 Å². The largest absolute Gasteiger partial charge is 0.496 e. The Hall–Kier alpha value is -1.40. The standard InChI is InChI=1S/C15H12Br2FNO2/c1-21-14-5-2-9(7-13(14)17)15(20)19-8-10-6-11(18)3-4-12(10)16/h2-7H,8H2,1H3,(H,19,20). The number of nitrogens with one attached hydrogen (secondary N) is 1. The highest BCUT2D eigenvalue weighted by atomic mass is 79.9. The van der Waals surface area contributed by atoms with E-state index in [1.165, 1.54) is 12.1 Å². The first-order valence-electron chi connectivity index (χ1n) is 6.07. The van der Waals surface area contributed by atoms with E-state index in [1.54, 1.807) is 31.4 Å². The number of carbonyl (C=O) groups is 1. The van der Waals surface area contributed by atoms with Gasteiger partial charge in [0, 0.05) is 16.6 Å². The molecule has 3 nitrogen and oxygen atoms in total. The zero-order valence-electron chi connectivity index (χ0n) is 11.1. The van der Waals surface area contributed by atoms with Crippen molar-refractivity contribution in [2.24, 2.45) is 0 Å². The highest BCUT2D eigenvalue weighted by Crippen LogP contribution is 2.25. The van der Waals surface area contributed by atoms with Gasteiger partial charge in [-0.25, -0.2) is 4.39 Å². The van der Waals surface area contributed by atoms with E-state index in [0.29, 0.717) is 21.3 Å². The fraction of sp³-hybridized carbons (Fsp3) is 0.133. The Balaban J connectivity index is 2.08. The number of rotatable bonds is 4. The molecule has 0 aliphatic heterocycles. The Kier molecular flexibility index (Phi) is 5.36. The highest BCUT2D eigenvalue weighted by molar-refractivity contribution is 9.10. The maximum Gasteiger partial charge on any atom is 0.251 e. The molecule has 0 aromatic heterocycles. The lowest BCUT2D eigenvalue weighted by molar-refractivity contribution is 0.0950. The van der Waals surface area contributed by atoms with E-state index in [-0.39, 0.29) is 18.3 Å². The van der Waals surface area contributed by atoms with Crippen molar-refractivity contribution in [3.05, 3.63) is 62.3 Å². The molecule has 6 heteroatoms. The van der Waals surface area contributed by atoms with Crippen molar-refractivity contribution >= 4 is 37.8 Å². The molecule has 1 N–H and O–H groups in total. The van der Waals surface area contributed by atoms with Crippen LogP contribution in [0.2, 0.25) is 0 Å². The number of carbonyl (C=O) groups excluding carboxylic acids is 1. The summed E-state index contributed by atoms with van der Waals surface area (Å²) < 4.78 is 19.7. The van der Waals surface area contributed by atoms with Gasteiger partial charge in [-0.3, -0.25) is 4.79 Å². The average Bonchev–Trinajstić information content (AvgIpc) is 2.47. The zero-order valence-corrected chi connectivity index (χ0v) is 14.3. The quantitative estimate of drug-likeness (QED) is 0.807. The Morgan fingerprint density at radius 1 is 1.19 bits per heavy atom. The first kappa shape index (κ1) is 16.0. The SMILES string of the molecule is COc1ccc(C(=O)NCc2cc(F)ccc2Br)cc1Br. The molecule has 110 valence electrons. The zero-order chi connectivity index (χ0) is 15.4. The summed E-state index contributed by atoms with van der Waals surface area (Å²) in [5, 5.41) is 2.75. The first-order chi connectivity index (χ1) is 10.0. The molecule has 0 aliphatic carbocycles. The second-order valence-electron chi connectivity index (χ2n) is 4.27. The fourth-order valence-electron chi connectivity index (χ4n) is 1.76. The third kappa shape index (κ3) is 4.04. The van der Waals surface area contributed by atoms with Crippen molar-refractivity contribution in [3.8, 4) is 5.75 Å². The molecule has 0 radical (unpaired) electrons. The normalized spacial score (nSPS) is 10.3. The molecule has 1 amide bonds. The number of hydrogen-bond donors (Lipinski definition) is 1. The molecule has 21 heavy (non-hydrogen) atoms. The van der Waals surface area contributed by atoms with E-state index < -0.39 is 0 Å². The molecule has 0 saturated carbocycles. The number of benzene rings is 2. The van der Waals surface area contributed by atoms with E-state index in [0.717, 1.165) is 4.47 Å². The minimum absolute atomic E-state index is 0.237. The maximum atomic E-state index is 13.2. The third-order valence-electron chi connectivity index (χ3n) is 2.86. The van der Waals surface area contributed by atoms with Crippen LogP contribution in [-0.2, 0) is 6.54 Å². The average molecular weight is 417 g/mol. The van der Waals surface area contributed by atoms with Gasteiger partial charge in [0.2, 0.25) is 0 Å². The Morgan fingerprint density at radius 2 is 1.95 bits per heavy atom. The molecule has 0 aliphatic rings. The van der Waals surface area contributed by atoms with Gasteiger partial charge in [0.15, 0.2) is 0 Å². The van der Waals surface area contributed by atoms with Gasteiger partial charge in [0.1, 0.15) is 11.6 Å². The smallest absolute Gasteiger partial charge is 0.251 e. The summed E-state index contributed by atoms with van der Waals surface area (Å²) >= 11 is 6.66. The molecule has 0 saturated heterocycles. The summed E-state index contributed by atoms with van der Waals surface area (Å²) in [5.41, 5.74) is 1.17. The minimum Gasteiger partial charge on any atom is -0.496 e. The fourth-order valence-corrected chi connectivity index (χ4v) is 2.69. The van der Waals surface area contributed by atoms with Crippen molar-refractivity contribution in [1.82, 2.24) is 5.32 Å². The third-order valence-corrected chi connectivity index (χ3v) is 4.25. The second-order valence-corrected chi connectivity index (χ2v) is 5.98. The summed E-state index contributed by atoms with van der Waals surface area (Å²) in [4.78, 5) is 12.1. The predicted octanol–water partition coefficient (Wildman–Crippen LogP) is 4.29. The summed E-state index contributed by atoms with van der Waals surface area (Å²) in [5.74, 6) is 0.0728. The second kappa shape index (κ2) is 7.04. The highest BCUT2D eigenvalue weighted by Gasteiger charge is 2.10. The van der Waals surface area contributed by atoms with E-state index >= 15 is 0 Å². The number of ether oxygens (including phenoxy) is 1. The topological polar surface area (TPSA) is 38.3 Å². The van der Waals surface area contributed by atoms with Crippen LogP contribution >= 0.6 is 31.9 Å². The number of hydrogen-bond acceptors (Lipinski definition) is 2. The molecule has 0 spiro atoms. The predicted molar refractivity (Wildman–Crippen MR) is 86.0 cm³/mol. The van der Waals surface area contributed by atoms with Crippen LogP contribution < -0.4 is 10.1 Å². The van der Waals surface area contributed by atoms with Gasteiger partial charge < -0.3 is 10.1 Å². The van der Waals surface area contributed by atoms with Crippen LogP contribution in [0.25, 0.3) is 0 Å². The Morgan fingerprint density at radius 3 is 2.62 bits per heavy atom. The monoisotopic (exact) mass is 415 g/mol. The lowest BCUT2D eigenvalue weighted by Gasteiger charge is -2.09. The van der Waals surface area contributed by atoms with E-state index in [2.05, 4.69) is 37.2 Å². The van der Waals surface area contributed by atoms with Gasteiger partial charge in [0.05, 0.1) is 11.6 Å². The van der Waals surface area contributed by atoms with Gasteiger partial charge in [-0.1, -0.05) is 15.9 Å². The molecular weight excluding hydrogens is 405 g/mol. The summed E-state index contributed by atoms with van der Waals surface area (Å²) in [6.45, 7) is 0.237. The summed E-state index contributed by atoms with van der Waals surface area (Å²) in [7, 11) is 1.56. The van der Waals surface area contributed by atoms with Gasteiger partial charge in [-0.05, 0) is 57.9 Å². The van der Waals surface area contributed by atoms with Gasteiger partial charge in [0.25, 0.3) is 5.91 Å². The number of amides is 1. The van der Waals surface area contributed by atoms with Crippen molar-refractivity contribution in [1.29, 1.82) is 0 Å². The summed E-state index contributed by atoms with van der Waals surface area (Å²) in [6.07, 6.45) is 0. The van der Waals surface area contributed by atoms with Gasteiger partial charge >= 0.3 is 0 Å². The van der Waals surface area contributed by atoms with E-state index in [9.17, 15) is 9.18 Å². The van der Waals surface area contributed by atoms with Crippen LogP contribution in [0.4, 0.5) is 4.39 Å². The molecule has 0 bridgehead atoms. The Labute approximate surface area is 138 Å². The van der Waals surface area contributed by atoms with Gasteiger partial charge in [-0.15, -0.1) is 0 Å². The van der Waals surface area contributed by atoms with Crippen LogP contribution in [0.5, 0.6) is 5.75 Å². The molecule has 2 rings (SSSR count). The molecule has 0 unspecified atom stereocenters. The lowest BCUT2D eigenvalue weighted by Crippen LogP contribution is -2.23.